The zero-order valence-electron chi connectivity index (χ0n) is 14.8. The summed E-state index contributed by atoms with van der Waals surface area (Å²) in [5, 5.41) is 13.7. The van der Waals surface area contributed by atoms with Gasteiger partial charge in [-0.1, -0.05) is 11.6 Å². The Kier molecular flexibility index (Phi) is 4.58. The molecular formula is C19H21ClN2O5. The summed E-state index contributed by atoms with van der Waals surface area (Å²) in [5.41, 5.74) is -0.704. The summed E-state index contributed by atoms with van der Waals surface area (Å²) in [6.07, 6.45) is 6.24. The molecule has 4 fully saturated rings. The number of ether oxygens (including phenoxy) is 1. The monoisotopic (exact) mass is 392 g/mol. The molecule has 4 saturated carbocycles. The van der Waals surface area contributed by atoms with Gasteiger partial charge in [0.2, 0.25) is 0 Å². The fraction of sp³-hybridized carbons (Fsp3) is 0.579. The second-order valence-corrected chi connectivity index (χ2v) is 8.68. The van der Waals surface area contributed by atoms with Crippen LogP contribution in [0.4, 0.5) is 11.4 Å². The van der Waals surface area contributed by atoms with Gasteiger partial charge in [0.05, 0.1) is 10.3 Å². The molecule has 0 spiro atoms. The quantitative estimate of drug-likeness (QED) is 0.464. The van der Waals surface area contributed by atoms with E-state index in [2.05, 4.69) is 5.32 Å². The Morgan fingerprint density at radius 3 is 2.33 bits per heavy atom. The molecule has 144 valence electrons. The molecule has 7 nitrogen and oxygen atoms in total. The van der Waals surface area contributed by atoms with Crippen LogP contribution in [0.15, 0.2) is 18.2 Å². The van der Waals surface area contributed by atoms with E-state index in [1.807, 2.05) is 0 Å². The van der Waals surface area contributed by atoms with E-state index in [0.717, 1.165) is 19.3 Å². The van der Waals surface area contributed by atoms with Crippen molar-refractivity contribution in [3.8, 4) is 0 Å². The SMILES string of the molecule is O=C(COC(=O)C12CC3CC(CC(C3)C1)C2)Nc1ccc(Cl)cc1[N+](=O)[O-]. The Bertz CT molecular complexity index is 774. The third-order valence-corrected chi connectivity index (χ3v) is 6.47. The van der Waals surface area contributed by atoms with Gasteiger partial charge in [-0.3, -0.25) is 19.7 Å². The van der Waals surface area contributed by atoms with E-state index in [4.69, 9.17) is 16.3 Å². The lowest BCUT2D eigenvalue weighted by Crippen LogP contribution is -2.50. The van der Waals surface area contributed by atoms with Crippen molar-refractivity contribution in [2.24, 2.45) is 23.2 Å². The lowest BCUT2D eigenvalue weighted by molar-refractivity contribution is -0.383. The van der Waals surface area contributed by atoms with Crippen molar-refractivity contribution in [1.29, 1.82) is 0 Å². The summed E-state index contributed by atoms with van der Waals surface area (Å²) in [6.45, 7) is -0.444. The van der Waals surface area contributed by atoms with E-state index in [1.54, 1.807) is 0 Å². The molecule has 1 aromatic rings. The molecule has 0 aromatic heterocycles. The fourth-order valence-corrected chi connectivity index (χ4v) is 5.76. The number of carbonyl (C=O) groups excluding carboxylic acids is 2. The summed E-state index contributed by atoms with van der Waals surface area (Å²) in [7, 11) is 0. The fourth-order valence-electron chi connectivity index (χ4n) is 5.59. The number of anilines is 1. The first-order valence-corrected chi connectivity index (χ1v) is 9.63. The number of nitro benzene ring substituents is 1. The van der Waals surface area contributed by atoms with Crippen LogP contribution in [0.2, 0.25) is 5.02 Å². The van der Waals surface area contributed by atoms with E-state index in [0.29, 0.717) is 17.8 Å². The van der Waals surface area contributed by atoms with Crippen LogP contribution in [-0.4, -0.2) is 23.4 Å². The van der Waals surface area contributed by atoms with Crippen molar-refractivity contribution in [1.82, 2.24) is 0 Å². The highest BCUT2D eigenvalue weighted by Crippen LogP contribution is 2.60. The first kappa shape index (κ1) is 18.2. The molecule has 4 aliphatic rings. The maximum Gasteiger partial charge on any atom is 0.312 e. The van der Waals surface area contributed by atoms with Gasteiger partial charge in [0, 0.05) is 11.1 Å². The number of halogens is 1. The minimum absolute atomic E-state index is 0.0280. The molecule has 1 aromatic carbocycles. The number of rotatable bonds is 5. The molecule has 4 aliphatic carbocycles. The highest BCUT2D eigenvalue weighted by molar-refractivity contribution is 6.31. The van der Waals surface area contributed by atoms with Gasteiger partial charge in [-0.2, -0.15) is 0 Å². The van der Waals surface area contributed by atoms with Gasteiger partial charge in [-0.15, -0.1) is 0 Å². The van der Waals surface area contributed by atoms with Gasteiger partial charge in [-0.25, -0.2) is 0 Å². The Morgan fingerprint density at radius 2 is 1.78 bits per heavy atom. The van der Waals surface area contributed by atoms with E-state index in [-0.39, 0.29) is 22.4 Å². The summed E-state index contributed by atoms with van der Waals surface area (Å²) in [4.78, 5) is 35.4. The molecule has 1 amide bonds. The smallest absolute Gasteiger partial charge is 0.312 e. The van der Waals surface area contributed by atoms with Crippen LogP contribution in [0.5, 0.6) is 0 Å². The maximum atomic E-state index is 12.7. The van der Waals surface area contributed by atoms with Crippen LogP contribution in [0.1, 0.15) is 38.5 Å². The largest absolute Gasteiger partial charge is 0.455 e. The summed E-state index contributed by atoms with van der Waals surface area (Å²) in [5.74, 6) is 0.930. The van der Waals surface area contributed by atoms with Crippen molar-refractivity contribution < 1.29 is 19.2 Å². The molecule has 0 heterocycles. The number of amides is 1. The van der Waals surface area contributed by atoms with Crippen LogP contribution >= 0.6 is 11.6 Å². The number of nitrogens with zero attached hydrogens (tertiary/aromatic N) is 1. The molecule has 5 rings (SSSR count). The molecule has 0 saturated heterocycles. The van der Waals surface area contributed by atoms with Crippen LogP contribution < -0.4 is 5.32 Å². The predicted octanol–water partition coefficient (Wildman–Crippen LogP) is 3.95. The molecule has 1 N–H and O–H groups in total. The zero-order chi connectivity index (χ0) is 19.2. The van der Waals surface area contributed by atoms with Gasteiger partial charge < -0.3 is 10.1 Å². The predicted molar refractivity (Wildman–Crippen MR) is 98.3 cm³/mol. The molecule has 8 heteroatoms. The van der Waals surface area contributed by atoms with Crippen molar-refractivity contribution in [3.05, 3.63) is 33.3 Å². The molecule has 27 heavy (non-hydrogen) atoms. The van der Waals surface area contributed by atoms with Gasteiger partial charge in [0.15, 0.2) is 6.61 Å². The number of nitro groups is 1. The van der Waals surface area contributed by atoms with Crippen molar-refractivity contribution in [2.45, 2.75) is 38.5 Å². The number of esters is 1. The molecule has 4 bridgehead atoms. The van der Waals surface area contributed by atoms with E-state index in [1.165, 1.54) is 37.5 Å². The summed E-state index contributed by atoms with van der Waals surface area (Å²) < 4.78 is 5.34. The van der Waals surface area contributed by atoms with E-state index in [9.17, 15) is 19.7 Å². The van der Waals surface area contributed by atoms with Crippen LogP contribution in [0, 0.1) is 33.3 Å². The Hall–Kier alpha value is -2.15. The lowest BCUT2D eigenvalue weighted by Gasteiger charge is -2.55. The van der Waals surface area contributed by atoms with Crippen molar-refractivity contribution in [3.63, 3.8) is 0 Å². The van der Waals surface area contributed by atoms with E-state index >= 15 is 0 Å². The lowest BCUT2D eigenvalue weighted by atomic mass is 9.49. The Labute approximate surface area is 161 Å². The summed E-state index contributed by atoms with van der Waals surface area (Å²) >= 11 is 5.76. The standard InChI is InChI=1S/C19H21ClN2O5/c20-14-1-2-15(16(6-14)22(25)26)21-17(23)10-27-18(24)19-7-11-3-12(8-19)5-13(4-11)9-19/h1-2,6,11-13H,3-5,7-10H2,(H,21,23). The van der Waals surface area contributed by atoms with Crippen molar-refractivity contribution in [2.75, 3.05) is 11.9 Å². The zero-order valence-corrected chi connectivity index (χ0v) is 15.5. The number of benzene rings is 1. The van der Waals surface area contributed by atoms with Crippen LogP contribution in [0.25, 0.3) is 0 Å². The normalized spacial score (nSPS) is 30.8. The molecular weight excluding hydrogens is 372 g/mol. The first-order valence-electron chi connectivity index (χ1n) is 9.26. The van der Waals surface area contributed by atoms with Crippen LogP contribution in [-0.2, 0) is 14.3 Å². The molecule has 0 radical (unpaired) electrons. The first-order chi connectivity index (χ1) is 12.8. The highest BCUT2D eigenvalue weighted by atomic mass is 35.5. The maximum absolute atomic E-state index is 12.7. The van der Waals surface area contributed by atoms with E-state index < -0.39 is 22.9 Å². The van der Waals surface area contributed by atoms with Crippen molar-refractivity contribution >= 4 is 34.9 Å². The number of hydrogen-bond donors (Lipinski definition) is 1. The molecule has 0 atom stereocenters. The number of hydrogen-bond acceptors (Lipinski definition) is 5. The van der Waals surface area contributed by atoms with Crippen LogP contribution in [0.3, 0.4) is 0 Å². The molecule has 0 unspecified atom stereocenters. The average Bonchev–Trinajstić information content (AvgIpc) is 2.60. The van der Waals surface area contributed by atoms with Gasteiger partial charge >= 0.3 is 5.97 Å². The second-order valence-electron chi connectivity index (χ2n) is 8.24. The average molecular weight is 393 g/mol. The Balaban J connectivity index is 1.37. The topological polar surface area (TPSA) is 98.5 Å². The molecule has 0 aliphatic heterocycles. The van der Waals surface area contributed by atoms with Gasteiger partial charge in [0.1, 0.15) is 5.69 Å². The second kappa shape index (κ2) is 6.78. The number of nitrogens with one attached hydrogen (secondary N) is 1. The third kappa shape index (κ3) is 3.52. The van der Waals surface area contributed by atoms with Gasteiger partial charge in [0.25, 0.3) is 11.6 Å². The third-order valence-electron chi connectivity index (χ3n) is 6.24. The Morgan fingerprint density at radius 1 is 1.19 bits per heavy atom. The minimum atomic E-state index is -0.622. The highest BCUT2D eigenvalue weighted by Gasteiger charge is 2.55. The number of carbonyl (C=O) groups is 2. The summed E-state index contributed by atoms with van der Waals surface area (Å²) in [6, 6.07) is 3.98. The van der Waals surface area contributed by atoms with Gasteiger partial charge in [-0.05, 0) is 68.4 Å². The minimum Gasteiger partial charge on any atom is -0.455 e.